The quantitative estimate of drug-likeness (QED) is 0.591. The van der Waals surface area contributed by atoms with E-state index in [0.29, 0.717) is 11.3 Å². The second-order valence-corrected chi connectivity index (χ2v) is 9.60. The zero-order valence-electron chi connectivity index (χ0n) is 16.9. The Morgan fingerprint density at radius 3 is 2.11 bits per heavy atom. The zero-order chi connectivity index (χ0) is 20.9. The first-order valence-corrected chi connectivity index (χ1v) is 10.8. The molecule has 0 bridgehead atoms. The largest absolute Gasteiger partial charge is 0.271 e. The van der Waals surface area contributed by atoms with Crippen LogP contribution in [-0.4, -0.2) is 26.3 Å². The van der Waals surface area contributed by atoms with E-state index in [2.05, 4.69) is 10.5 Å². The molecule has 0 saturated heterocycles. The fourth-order valence-electron chi connectivity index (χ4n) is 2.29. The van der Waals surface area contributed by atoms with Gasteiger partial charge in [0.1, 0.15) is 0 Å². The summed E-state index contributed by atoms with van der Waals surface area (Å²) < 4.78 is 25.7. The van der Waals surface area contributed by atoms with Gasteiger partial charge in [0.25, 0.3) is 5.91 Å². The minimum absolute atomic E-state index is 0.121. The molecule has 0 saturated carbocycles. The van der Waals surface area contributed by atoms with Crippen LogP contribution in [0.1, 0.15) is 43.6 Å². The van der Waals surface area contributed by atoms with Crippen LogP contribution in [0.25, 0.3) is 0 Å². The van der Waals surface area contributed by atoms with Gasteiger partial charge in [-0.15, -0.1) is 0 Å². The summed E-state index contributed by atoms with van der Waals surface area (Å²) >= 11 is 0. The Kier molecular flexibility index (Phi) is 6.61. The molecule has 6 nitrogen and oxygen atoms in total. The number of anilines is 1. The third kappa shape index (κ3) is 5.92. The lowest BCUT2D eigenvalue weighted by Crippen LogP contribution is -2.29. The molecule has 0 aliphatic carbocycles. The van der Waals surface area contributed by atoms with Crippen LogP contribution in [0.5, 0.6) is 0 Å². The van der Waals surface area contributed by atoms with Crippen LogP contribution in [0.15, 0.2) is 59.7 Å². The van der Waals surface area contributed by atoms with Crippen molar-refractivity contribution >= 4 is 27.3 Å². The number of para-hydroxylation sites is 1. The van der Waals surface area contributed by atoms with E-state index in [0.717, 1.165) is 11.3 Å². The molecular formula is C21H27N3O3S. The van der Waals surface area contributed by atoms with Crippen LogP contribution < -0.4 is 9.73 Å². The molecule has 28 heavy (non-hydrogen) atoms. The number of carbonyl (C=O) groups is 1. The van der Waals surface area contributed by atoms with Gasteiger partial charge in [-0.05, 0) is 36.8 Å². The number of hydrogen-bond acceptors (Lipinski definition) is 4. The van der Waals surface area contributed by atoms with Crippen molar-refractivity contribution in [2.75, 3.05) is 10.6 Å². The molecule has 1 amide bonds. The minimum Gasteiger partial charge on any atom is -0.267 e. The van der Waals surface area contributed by atoms with E-state index >= 15 is 0 Å². The lowest BCUT2D eigenvalue weighted by Gasteiger charge is -2.22. The first-order chi connectivity index (χ1) is 13.0. The molecule has 1 N–H and O–H groups in total. The summed E-state index contributed by atoms with van der Waals surface area (Å²) in [6.07, 6.45) is 1.18. The first kappa shape index (κ1) is 21.6. The van der Waals surface area contributed by atoms with Gasteiger partial charge >= 0.3 is 0 Å². The Labute approximate surface area is 167 Å². The maximum atomic E-state index is 12.3. The number of hydrogen-bond donors (Lipinski definition) is 1. The van der Waals surface area contributed by atoms with Gasteiger partial charge in [-0.3, -0.25) is 9.10 Å². The molecule has 0 heterocycles. The summed E-state index contributed by atoms with van der Waals surface area (Å²) in [6.45, 7) is 8.12. The van der Waals surface area contributed by atoms with Gasteiger partial charge in [-0.2, -0.15) is 5.10 Å². The van der Waals surface area contributed by atoms with E-state index < -0.39 is 10.0 Å². The van der Waals surface area contributed by atoms with Crippen LogP contribution in [0, 0.1) is 5.41 Å². The SMILES string of the molecule is C/C(=N/NC(=O)c1ccc(CN(c2ccccc2)S(C)(=O)=O)cc1)C(C)(C)C. The number of sulfonamides is 1. The van der Waals surface area contributed by atoms with Gasteiger partial charge < -0.3 is 0 Å². The van der Waals surface area contributed by atoms with Crippen LogP contribution in [0.3, 0.4) is 0 Å². The summed E-state index contributed by atoms with van der Waals surface area (Å²) in [4.78, 5) is 12.3. The summed E-state index contributed by atoms with van der Waals surface area (Å²) in [5, 5.41) is 4.14. The summed E-state index contributed by atoms with van der Waals surface area (Å²) in [5.74, 6) is -0.307. The molecule has 0 aliphatic heterocycles. The molecule has 0 fully saturated rings. The van der Waals surface area contributed by atoms with E-state index in [-0.39, 0.29) is 17.9 Å². The maximum absolute atomic E-state index is 12.3. The minimum atomic E-state index is -3.44. The molecular weight excluding hydrogens is 374 g/mol. The van der Waals surface area contributed by atoms with Crippen LogP contribution in [0.4, 0.5) is 5.69 Å². The molecule has 0 aromatic heterocycles. The van der Waals surface area contributed by atoms with E-state index in [9.17, 15) is 13.2 Å². The van der Waals surface area contributed by atoms with Crippen molar-refractivity contribution in [3.63, 3.8) is 0 Å². The molecule has 0 atom stereocenters. The monoisotopic (exact) mass is 401 g/mol. The topological polar surface area (TPSA) is 78.8 Å². The van der Waals surface area contributed by atoms with Gasteiger partial charge in [0.15, 0.2) is 0 Å². The molecule has 2 aromatic carbocycles. The summed E-state index contributed by atoms with van der Waals surface area (Å²) in [7, 11) is -3.44. The second-order valence-electron chi connectivity index (χ2n) is 7.69. The second kappa shape index (κ2) is 8.56. The van der Waals surface area contributed by atoms with Crippen molar-refractivity contribution in [2.24, 2.45) is 10.5 Å². The third-order valence-corrected chi connectivity index (χ3v) is 5.54. The van der Waals surface area contributed by atoms with Crippen molar-refractivity contribution in [2.45, 2.75) is 34.2 Å². The predicted octanol–water partition coefficient (Wildman–Crippen LogP) is 3.80. The molecule has 2 aromatic rings. The van der Waals surface area contributed by atoms with Gasteiger partial charge in [-0.1, -0.05) is 51.1 Å². The summed E-state index contributed by atoms with van der Waals surface area (Å²) in [6, 6.07) is 15.7. The predicted molar refractivity (Wildman–Crippen MR) is 114 cm³/mol. The lowest BCUT2D eigenvalue weighted by molar-refractivity contribution is 0.0954. The molecule has 7 heteroatoms. The number of nitrogens with zero attached hydrogens (tertiary/aromatic N) is 2. The van der Waals surface area contributed by atoms with Crippen molar-refractivity contribution in [3.8, 4) is 0 Å². The highest BCUT2D eigenvalue weighted by Crippen LogP contribution is 2.20. The third-order valence-electron chi connectivity index (χ3n) is 4.40. The average Bonchev–Trinajstić information content (AvgIpc) is 2.63. The van der Waals surface area contributed by atoms with Crippen molar-refractivity contribution in [1.82, 2.24) is 5.43 Å². The fraction of sp³-hybridized carbons (Fsp3) is 0.333. The lowest BCUT2D eigenvalue weighted by atomic mass is 9.91. The number of carbonyl (C=O) groups excluding carboxylic acids is 1. The molecule has 0 unspecified atom stereocenters. The van der Waals surface area contributed by atoms with Crippen LogP contribution in [0.2, 0.25) is 0 Å². The van der Waals surface area contributed by atoms with E-state index in [1.165, 1.54) is 10.6 Å². The first-order valence-electron chi connectivity index (χ1n) is 8.95. The number of benzene rings is 2. The van der Waals surface area contributed by atoms with E-state index in [1.54, 1.807) is 48.5 Å². The van der Waals surface area contributed by atoms with Gasteiger partial charge in [-0.25, -0.2) is 13.8 Å². The highest BCUT2D eigenvalue weighted by atomic mass is 32.2. The standard InChI is InChI=1S/C21H27N3O3S/c1-16(21(2,3)4)22-23-20(25)18-13-11-17(12-14-18)15-24(28(5,26)27)19-9-7-6-8-10-19/h6-14H,15H2,1-5H3,(H,23,25)/b22-16-. The smallest absolute Gasteiger partial charge is 0.267 e. The van der Waals surface area contributed by atoms with E-state index in [4.69, 9.17) is 0 Å². The molecule has 2 rings (SSSR count). The van der Waals surface area contributed by atoms with Crippen molar-refractivity contribution < 1.29 is 13.2 Å². The summed E-state index contributed by atoms with van der Waals surface area (Å²) in [5.41, 5.74) is 5.09. The fourth-order valence-corrected chi connectivity index (χ4v) is 3.18. The zero-order valence-corrected chi connectivity index (χ0v) is 17.7. The number of rotatable bonds is 6. The average molecular weight is 402 g/mol. The highest BCUT2D eigenvalue weighted by Gasteiger charge is 2.18. The van der Waals surface area contributed by atoms with Crippen LogP contribution >= 0.6 is 0 Å². The Hall–Kier alpha value is -2.67. The number of nitrogens with one attached hydrogen (secondary N) is 1. The number of amides is 1. The van der Waals surface area contributed by atoms with Gasteiger partial charge in [0.2, 0.25) is 10.0 Å². The molecule has 0 spiro atoms. The Morgan fingerprint density at radius 2 is 1.61 bits per heavy atom. The van der Waals surface area contributed by atoms with E-state index in [1.807, 2.05) is 33.8 Å². The molecule has 0 aliphatic rings. The van der Waals surface area contributed by atoms with Gasteiger partial charge in [0.05, 0.1) is 18.5 Å². The maximum Gasteiger partial charge on any atom is 0.271 e. The van der Waals surface area contributed by atoms with Crippen molar-refractivity contribution in [1.29, 1.82) is 0 Å². The number of hydrazone groups is 1. The highest BCUT2D eigenvalue weighted by molar-refractivity contribution is 7.92. The molecule has 150 valence electrons. The normalized spacial score (nSPS) is 12.5. The molecule has 0 radical (unpaired) electrons. The Morgan fingerprint density at radius 1 is 1.04 bits per heavy atom. The van der Waals surface area contributed by atoms with Crippen molar-refractivity contribution in [3.05, 3.63) is 65.7 Å². The van der Waals surface area contributed by atoms with Crippen LogP contribution in [-0.2, 0) is 16.6 Å². The Bertz CT molecular complexity index is 945. The Balaban J connectivity index is 2.14. The van der Waals surface area contributed by atoms with Gasteiger partial charge in [0, 0.05) is 16.7 Å².